The summed E-state index contributed by atoms with van der Waals surface area (Å²) in [6.07, 6.45) is 10.2. The van der Waals surface area contributed by atoms with Crippen LogP contribution in [0.5, 0.6) is 0 Å². The van der Waals surface area contributed by atoms with Crippen LogP contribution < -0.4 is 0 Å². The van der Waals surface area contributed by atoms with E-state index in [1.807, 2.05) is 48.5 Å². The molecule has 0 aromatic carbocycles. The molecule has 2 saturated carbocycles. The Morgan fingerprint density at radius 1 is 0.741 bits per heavy atom. The first kappa shape index (κ1) is 37.6. The molecule has 27 heavy (non-hydrogen) atoms. The molecule has 2 rings (SSSR count). The minimum absolute atomic E-state index is 0. The summed E-state index contributed by atoms with van der Waals surface area (Å²) in [7, 11) is 0. The van der Waals surface area contributed by atoms with Crippen LogP contribution in [0.3, 0.4) is 0 Å². The summed E-state index contributed by atoms with van der Waals surface area (Å²) < 4.78 is 26.6. The quantitative estimate of drug-likeness (QED) is 0.386. The molecule has 0 aliphatic heterocycles. The number of alkyl halides is 2. The van der Waals surface area contributed by atoms with E-state index in [0.717, 1.165) is 12.3 Å². The van der Waals surface area contributed by atoms with Gasteiger partial charge in [-0.1, -0.05) is 122 Å². The second-order valence-electron chi connectivity index (χ2n) is 6.70. The lowest BCUT2D eigenvalue weighted by molar-refractivity contribution is -0.0753. The van der Waals surface area contributed by atoms with Gasteiger partial charge in [0.1, 0.15) is 0 Å². The monoisotopic (exact) mass is 396 g/mol. The molecular weight excluding hydrogens is 338 g/mol. The van der Waals surface area contributed by atoms with Crippen LogP contribution in [0.25, 0.3) is 0 Å². The zero-order chi connectivity index (χ0) is 20.3. The largest absolute Gasteiger partial charge is 0.248 e. The smallest absolute Gasteiger partial charge is 0.207 e. The van der Waals surface area contributed by atoms with E-state index in [-0.39, 0.29) is 33.6 Å². The maximum atomic E-state index is 13.3. The molecular formula is C25H58F2. The van der Waals surface area contributed by atoms with Crippen molar-refractivity contribution in [2.45, 2.75) is 147 Å². The van der Waals surface area contributed by atoms with Crippen molar-refractivity contribution in [3.05, 3.63) is 0 Å². The highest BCUT2D eigenvalue weighted by Crippen LogP contribution is 2.45. The van der Waals surface area contributed by atoms with Gasteiger partial charge in [0.2, 0.25) is 5.92 Å². The molecule has 0 heterocycles. The van der Waals surface area contributed by atoms with Crippen molar-refractivity contribution in [1.82, 2.24) is 0 Å². The summed E-state index contributed by atoms with van der Waals surface area (Å²) in [6.45, 7) is 18.3. The fourth-order valence-electron chi connectivity index (χ4n) is 3.83. The van der Waals surface area contributed by atoms with Crippen LogP contribution in [0.2, 0.25) is 0 Å². The molecule has 2 aliphatic rings. The van der Waals surface area contributed by atoms with Crippen molar-refractivity contribution < 1.29 is 8.78 Å². The Morgan fingerprint density at radius 3 is 1.44 bits per heavy atom. The van der Waals surface area contributed by atoms with Crippen LogP contribution in [-0.4, -0.2) is 5.92 Å². The SMILES string of the molecule is C.C.CC.CC.CC.CC1CC(F)(F)CCC1C1CCCCCC1.CCC. The Kier molecular flexibility index (Phi) is 36.0. The van der Waals surface area contributed by atoms with E-state index < -0.39 is 5.92 Å². The standard InChI is InChI=1S/C14H24F2.C3H8.3C2H6.2CH4/c1-11-10-14(15,16)9-8-13(11)12-6-4-2-3-5-7-12;1-3-2;3*1-2;;/h11-13H,2-10H2,1H3;3H2,1-2H3;3*1-2H3;2*1H4. The van der Waals surface area contributed by atoms with E-state index in [4.69, 9.17) is 0 Å². The topological polar surface area (TPSA) is 0 Å². The second-order valence-corrected chi connectivity index (χ2v) is 6.70. The Morgan fingerprint density at radius 2 is 1.11 bits per heavy atom. The molecule has 2 aliphatic carbocycles. The zero-order valence-corrected chi connectivity index (χ0v) is 19.1. The molecule has 0 amide bonds. The first-order valence-corrected chi connectivity index (χ1v) is 11.4. The highest BCUT2D eigenvalue weighted by molar-refractivity contribution is 4.86. The fraction of sp³-hybridized carbons (Fsp3) is 1.00. The van der Waals surface area contributed by atoms with E-state index in [0.29, 0.717) is 5.92 Å². The molecule has 0 spiro atoms. The van der Waals surface area contributed by atoms with Gasteiger partial charge >= 0.3 is 0 Å². The summed E-state index contributed by atoms with van der Waals surface area (Å²) in [5.74, 6) is -0.820. The fourth-order valence-corrected chi connectivity index (χ4v) is 3.83. The number of hydrogen-bond acceptors (Lipinski definition) is 0. The average Bonchev–Trinajstić information content (AvgIpc) is 2.89. The van der Waals surface area contributed by atoms with Gasteiger partial charge in [-0.3, -0.25) is 0 Å². The highest BCUT2D eigenvalue weighted by atomic mass is 19.3. The van der Waals surface area contributed by atoms with Crippen molar-refractivity contribution >= 4 is 0 Å². The Balaban J connectivity index is -0.000000128. The highest BCUT2D eigenvalue weighted by Gasteiger charge is 2.41. The van der Waals surface area contributed by atoms with Gasteiger partial charge in [-0.15, -0.1) is 0 Å². The van der Waals surface area contributed by atoms with Crippen molar-refractivity contribution in [1.29, 1.82) is 0 Å². The predicted molar refractivity (Wildman–Crippen MR) is 126 cm³/mol. The number of hydrogen-bond donors (Lipinski definition) is 0. The first-order chi connectivity index (χ1) is 12.0. The maximum absolute atomic E-state index is 13.3. The van der Waals surface area contributed by atoms with Gasteiger partial charge in [0.25, 0.3) is 0 Å². The zero-order valence-electron chi connectivity index (χ0n) is 19.1. The normalized spacial score (nSPS) is 23.2. The minimum Gasteiger partial charge on any atom is -0.207 e. The van der Waals surface area contributed by atoms with E-state index in [2.05, 4.69) is 13.8 Å². The van der Waals surface area contributed by atoms with Gasteiger partial charge in [0.05, 0.1) is 0 Å². The molecule has 172 valence electrons. The predicted octanol–water partition coefficient (Wildman–Crippen LogP) is 10.8. The molecule has 2 unspecified atom stereocenters. The molecule has 0 bridgehead atoms. The summed E-state index contributed by atoms with van der Waals surface area (Å²) in [4.78, 5) is 0. The van der Waals surface area contributed by atoms with Crippen LogP contribution in [0.1, 0.15) is 141 Å². The van der Waals surface area contributed by atoms with E-state index >= 15 is 0 Å². The number of halogens is 2. The summed E-state index contributed by atoms with van der Waals surface area (Å²) in [6, 6.07) is 0. The van der Waals surface area contributed by atoms with Gasteiger partial charge in [0, 0.05) is 12.8 Å². The second kappa shape index (κ2) is 25.9. The molecule has 2 atom stereocenters. The van der Waals surface area contributed by atoms with E-state index in [1.165, 1.54) is 44.9 Å². The number of rotatable bonds is 1. The molecule has 2 heteroatoms. The third-order valence-electron chi connectivity index (χ3n) is 4.70. The van der Waals surface area contributed by atoms with Crippen molar-refractivity contribution in [3.8, 4) is 0 Å². The minimum atomic E-state index is -2.37. The van der Waals surface area contributed by atoms with Crippen molar-refractivity contribution in [3.63, 3.8) is 0 Å². The van der Waals surface area contributed by atoms with Crippen LogP contribution >= 0.6 is 0 Å². The van der Waals surface area contributed by atoms with Crippen LogP contribution in [0, 0.1) is 17.8 Å². The van der Waals surface area contributed by atoms with Gasteiger partial charge < -0.3 is 0 Å². The molecule has 0 aromatic rings. The van der Waals surface area contributed by atoms with Crippen molar-refractivity contribution in [2.75, 3.05) is 0 Å². The van der Waals surface area contributed by atoms with Crippen molar-refractivity contribution in [2.24, 2.45) is 17.8 Å². The molecule has 2 fully saturated rings. The summed E-state index contributed by atoms with van der Waals surface area (Å²) >= 11 is 0. The van der Waals surface area contributed by atoms with Gasteiger partial charge in [-0.25, -0.2) is 8.78 Å². The maximum Gasteiger partial charge on any atom is 0.248 e. The lowest BCUT2D eigenvalue weighted by atomic mass is 9.70. The van der Waals surface area contributed by atoms with E-state index in [9.17, 15) is 8.78 Å². The van der Waals surface area contributed by atoms with Gasteiger partial charge in [-0.2, -0.15) is 0 Å². The third-order valence-corrected chi connectivity index (χ3v) is 4.70. The summed E-state index contributed by atoms with van der Waals surface area (Å²) in [5.41, 5.74) is 0. The molecule has 0 saturated heterocycles. The summed E-state index contributed by atoms with van der Waals surface area (Å²) in [5, 5.41) is 0. The molecule has 0 radical (unpaired) electrons. The van der Waals surface area contributed by atoms with Crippen LogP contribution in [-0.2, 0) is 0 Å². The third kappa shape index (κ3) is 19.0. The van der Waals surface area contributed by atoms with Gasteiger partial charge in [-0.05, 0) is 24.2 Å². The van der Waals surface area contributed by atoms with Crippen LogP contribution in [0.4, 0.5) is 8.78 Å². The Bertz CT molecular complexity index is 230. The average molecular weight is 397 g/mol. The first-order valence-electron chi connectivity index (χ1n) is 11.4. The van der Waals surface area contributed by atoms with Gasteiger partial charge in [0.15, 0.2) is 0 Å². The molecule has 0 N–H and O–H groups in total. The Labute approximate surface area is 174 Å². The molecule has 0 nitrogen and oxygen atoms in total. The lowest BCUT2D eigenvalue weighted by Gasteiger charge is -2.38. The lowest BCUT2D eigenvalue weighted by Crippen LogP contribution is -2.34. The van der Waals surface area contributed by atoms with Crippen LogP contribution in [0.15, 0.2) is 0 Å². The van der Waals surface area contributed by atoms with E-state index in [1.54, 1.807) is 0 Å². The Hall–Kier alpha value is -0.140. The molecule has 0 aromatic heterocycles.